The largest absolute Gasteiger partial charge is 0.472 e. The van der Waals surface area contributed by atoms with Crippen molar-refractivity contribution in [1.29, 1.82) is 0 Å². The van der Waals surface area contributed by atoms with Crippen molar-refractivity contribution in [1.82, 2.24) is 5.32 Å². The number of hydrogen-bond acceptors (Lipinski definition) is 5. The Balaban J connectivity index is 3.95. The first kappa shape index (κ1) is 56.0. The van der Waals surface area contributed by atoms with E-state index in [-0.39, 0.29) is 6.61 Å². The molecule has 0 saturated heterocycles. The molecule has 0 rings (SSSR count). The standard InChI is InChI=1S/C48H101N2O5P/c1-6-8-10-12-14-16-18-20-22-24-26-28-30-32-34-36-38-40-42-49-46-48(55-56(51,52)54-45-43-50(3,4)5)47-53-44-41-39-37-35-33-31-29-27-25-23-21-19-17-15-13-11-9-7-2/h48-49H,6-47H2,1-5H3/p+1. The van der Waals surface area contributed by atoms with Gasteiger partial charge in [0.25, 0.3) is 0 Å². The smallest absolute Gasteiger partial charge is 0.379 e. The van der Waals surface area contributed by atoms with Gasteiger partial charge in [-0.25, -0.2) is 4.57 Å². The molecule has 0 amide bonds. The van der Waals surface area contributed by atoms with Crippen LogP contribution in [-0.2, 0) is 18.3 Å². The third-order valence-electron chi connectivity index (χ3n) is 11.3. The minimum absolute atomic E-state index is 0.177. The Morgan fingerprint density at radius 3 is 1.14 bits per heavy atom. The van der Waals surface area contributed by atoms with Gasteiger partial charge in [0, 0.05) is 13.2 Å². The van der Waals surface area contributed by atoms with E-state index >= 15 is 0 Å². The van der Waals surface area contributed by atoms with Gasteiger partial charge in [0.05, 0.1) is 27.7 Å². The van der Waals surface area contributed by atoms with Gasteiger partial charge in [0.1, 0.15) is 19.3 Å². The molecule has 0 spiro atoms. The molecule has 2 unspecified atom stereocenters. The highest BCUT2D eigenvalue weighted by molar-refractivity contribution is 7.47. The van der Waals surface area contributed by atoms with E-state index in [1.165, 1.54) is 218 Å². The van der Waals surface area contributed by atoms with E-state index in [1.54, 1.807) is 0 Å². The number of phosphoric acid groups is 1. The second kappa shape index (κ2) is 43.1. The van der Waals surface area contributed by atoms with Crippen LogP contribution in [0.5, 0.6) is 0 Å². The maximum atomic E-state index is 12.7. The van der Waals surface area contributed by atoms with Crippen molar-refractivity contribution in [2.45, 2.75) is 251 Å². The van der Waals surface area contributed by atoms with Crippen LogP contribution < -0.4 is 5.32 Å². The molecular formula is C48H102N2O5P+. The third kappa shape index (κ3) is 46.7. The fraction of sp³-hybridized carbons (Fsp3) is 1.00. The third-order valence-corrected chi connectivity index (χ3v) is 12.4. The number of nitrogens with zero attached hydrogens (tertiary/aromatic N) is 1. The van der Waals surface area contributed by atoms with E-state index in [0.717, 1.165) is 19.4 Å². The zero-order chi connectivity index (χ0) is 41.1. The number of quaternary nitrogens is 1. The Hall–Kier alpha value is -0.0100. The number of rotatable bonds is 48. The van der Waals surface area contributed by atoms with Gasteiger partial charge in [-0.15, -0.1) is 0 Å². The lowest BCUT2D eigenvalue weighted by molar-refractivity contribution is -0.870. The number of likely N-dealkylation sites (N-methyl/N-ethyl adjacent to an activating group) is 1. The molecule has 0 aromatic rings. The Morgan fingerprint density at radius 2 is 0.804 bits per heavy atom. The summed E-state index contributed by atoms with van der Waals surface area (Å²) in [5.74, 6) is 0. The van der Waals surface area contributed by atoms with Crippen molar-refractivity contribution >= 4 is 7.82 Å². The predicted octanol–water partition coefficient (Wildman–Crippen LogP) is 14.9. The van der Waals surface area contributed by atoms with E-state index in [1.807, 2.05) is 21.1 Å². The summed E-state index contributed by atoms with van der Waals surface area (Å²) < 4.78 is 30.3. The van der Waals surface area contributed by atoms with Crippen LogP contribution in [0.4, 0.5) is 0 Å². The Morgan fingerprint density at radius 1 is 0.482 bits per heavy atom. The van der Waals surface area contributed by atoms with E-state index in [4.69, 9.17) is 13.8 Å². The highest BCUT2D eigenvalue weighted by Gasteiger charge is 2.27. The minimum Gasteiger partial charge on any atom is -0.379 e. The van der Waals surface area contributed by atoms with Crippen molar-refractivity contribution in [2.75, 3.05) is 60.6 Å². The molecule has 338 valence electrons. The molecule has 0 saturated carbocycles. The maximum Gasteiger partial charge on any atom is 0.472 e. The first-order valence-electron chi connectivity index (χ1n) is 24.9. The molecule has 2 atom stereocenters. The fourth-order valence-electron chi connectivity index (χ4n) is 7.51. The van der Waals surface area contributed by atoms with Gasteiger partial charge in [0.2, 0.25) is 0 Å². The van der Waals surface area contributed by atoms with Crippen LogP contribution in [0.2, 0.25) is 0 Å². The zero-order valence-electron chi connectivity index (χ0n) is 38.8. The van der Waals surface area contributed by atoms with Gasteiger partial charge in [-0.3, -0.25) is 9.05 Å². The number of nitrogens with one attached hydrogen (secondary N) is 1. The molecular weight excluding hydrogens is 716 g/mol. The first-order valence-corrected chi connectivity index (χ1v) is 26.4. The normalized spacial score (nSPS) is 13.8. The van der Waals surface area contributed by atoms with E-state index in [0.29, 0.717) is 30.8 Å². The predicted molar refractivity (Wildman–Crippen MR) is 245 cm³/mol. The molecule has 2 N–H and O–H groups in total. The molecule has 0 fully saturated rings. The summed E-state index contributed by atoms with van der Waals surface area (Å²) in [6.45, 7) is 7.73. The van der Waals surface area contributed by atoms with Gasteiger partial charge in [-0.2, -0.15) is 0 Å². The highest BCUT2D eigenvalue weighted by atomic mass is 31.2. The van der Waals surface area contributed by atoms with Gasteiger partial charge < -0.3 is 19.4 Å². The molecule has 0 aromatic heterocycles. The lowest BCUT2D eigenvalue weighted by atomic mass is 10.0. The van der Waals surface area contributed by atoms with Crippen molar-refractivity contribution in [3.05, 3.63) is 0 Å². The second-order valence-corrected chi connectivity index (χ2v) is 19.7. The molecule has 0 heterocycles. The van der Waals surface area contributed by atoms with Crippen molar-refractivity contribution in [3.63, 3.8) is 0 Å². The van der Waals surface area contributed by atoms with Crippen LogP contribution in [0.1, 0.15) is 245 Å². The van der Waals surface area contributed by atoms with Crippen LogP contribution >= 0.6 is 7.82 Å². The summed E-state index contributed by atoms with van der Waals surface area (Å²) >= 11 is 0. The van der Waals surface area contributed by atoms with Gasteiger partial charge in [0.15, 0.2) is 0 Å². The summed E-state index contributed by atoms with van der Waals surface area (Å²) in [5.41, 5.74) is 0. The quantitative estimate of drug-likeness (QED) is 0.0362. The van der Waals surface area contributed by atoms with Crippen LogP contribution in [0.25, 0.3) is 0 Å². The second-order valence-electron chi connectivity index (χ2n) is 18.3. The van der Waals surface area contributed by atoms with Gasteiger partial charge >= 0.3 is 7.82 Å². The summed E-state index contributed by atoms with van der Waals surface area (Å²) in [6, 6.07) is 0. The van der Waals surface area contributed by atoms with Crippen LogP contribution in [0, 0.1) is 0 Å². The van der Waals surface area contributed by atoms with E-state index in [2.05, 4.69) is 19.2 Å². The van der Waals surface area contributed by atoms with Crippen molar-refractivity contribution in [3.8, 4) is 0 Å². The van der Waals surface area contributed by atoms with Crippen LogP contribution in [0.3, 0.4) is 0 Å². The van der Waals surface area contributed by atoms with E-state index < -0.39 is 13.9 Å². The van der Waals surface area contributed by atoms with E-state index in [9.17, 15) is 9.46 Å². The van der Waals surface area contributed by atoms with Crippen LogP contribution in [-0.4, -0.2) is 76.1 Å². The van der Waals surface area contributed by atoms with Crippen molar-refractivity contribution in [2.24, 2.45) is 0 Å². The molecule has 0 aliphatic rings. The topological polar surface area (TPSA) is 77.0 Å². The monoisotopic (exact) mass is 818 g/mol. The maximum absolute atomic E-state index is 12.7. The molecule has 0 aliphatic heterocycles. The lowest BCUT2D eigenvalue weighted by Gasteiger charge is -2.25. The summed E-state index contributed by atoms with van der Waals surface area (Å²) in [6.07, 6.45) is 48.7. The van der Waals surface area contributed by atoms with Gasteiger partial charge in [-0.1, -0.05) is 232 Å². The molecule has 7 nitrogen and oxygen atoms in total. The summed E-state index contributed by atoms with van der Waals surface area (Å²) in [4.78, 5) is 10.4. The lowest BCUT2D eigenvalue weighted by Crippen LogP contribution is -2.37. The average Bonchev–Trinajstić information content (AvgIpc) is 3.15. The molecule has 0 bridgehead atoms. The molecule has 56 heavy (non-hydrogen) atoms. The zero-order valence-corrected chi connectivity index (χ0v) is 39.6. The Labute approximate surface area is 351 Å². The fourth-order valence-corrected chi connectivity index (χ4v) is 8.40. The first-order chi connectivity index (χ1) is 27.2. The number of phosphoric ester groups is 1. The number of hydrogen-bond donors (Lipinski definition) is 2. The summed E-state index contributed by atoms with van der Waals surface area (Å²) in [5, 5.41) is 3.46. The molecule has 8 heteroatoms. The Bertz CT molecular complexity index is 767. The average molecular weight is 818 g/mol. The van der Waals surface area contributed by atoms with Crippen molar-refractivity contribution < 1.29 is 27.7 Å². The Kier molecular flexibility index (Phi) is 43.1. The summed E-state index contributed by atoms with van der Waals surface area (Å²) in [7, 11) is 1.95. The highest BCUT2D eigenvalue weighted by Crippen LogP contribution is 2.44. The van der Waals surface area contributed by atoms with Crippen LogP contribution in [0.15, 0.2) is 0 Å². The SMILES string of the molecule is CCCCCCCCCCCCCCCCCCCCNCC(COCCCCCCCCCCCCCCCCCCCC)OP(=O)(O)OCC[N+](C)(C)C. The number of unbranched alkanes of at least 4 members (excludes halogenated alkanes) is 34. The molecule has 0 aromatic carbocycles. The van der Waals surface area contributed by atoms with Gasteiger partial charge in [-0.05, 0) is 19.4 Å². The molecule has 0 radical (unpaired) electrons. The minimum atomic E-state index is -4.16. The number of ether oxygens (including phenoxy) is 1. The molecule has 0 aliphatic carbocycles.